The van der Waals surface area contributed by atoms with Gasteiger partial charge in [0.15, 0.2) is 5.82 Å². The third-order valence-electron chi connectivity index (χ3n) is 3.99. The zero-order valence-electron chi connectivity index (χ0n) is 13.5. The third-order valence-corrected chi connectivity index (χ3v) is 4.54. The molecule has 1 aliphatic rings. The molecule has 3 rings (SSSR count). The first kappa shape index (κ1) is 18.8. The Morgan fingerprint density at radius 1 is 1.27 bits per heavy atom. The first-order valence-corrected chi connectivity index (χ1v) is 8.42. The first-order chi connectivity index (χ1) is 12.2. The quantitative estimate of drug-likeness (QED) is 0.846. The average Bonchev–Trinajstić information content (AvgIpc) is 3.00. The van der Waals surface area contributed by atoms with E-state index in [9.17, 15) is 18.0 Å². The van der Waals surface area contributed by atoms with Crippen molar-refractivity contribution < 1.29 is 18.0 Å². The molecule has 1 aliphatic heterocycles. The summed E-state index contributed by atoms with van der Waals surface area (Å²) in [5.74, 6) is -1.22. The van der Waals surface area contributed by atoms with Crippen molar-refractivity contribution in [3.63, 3.8) is 0 Å². The summed E-state index contributed by atoms with van der Waals surface area (Å²) in [4.78, 5) is 14.0. The number of carbonyl (C=O) groups is 1. The van der Waals surface area contributed by atoms with Gasteiger partial charge in [-0.2, -0.15) is 13.2 Å². The Morgan fingerprint density at radius 3 is 2.65 bits per heavy atom. The summed E-state index contributed by atoms with van der Waals surface area (Å²) >= 11 is 11.9. The molecule has 0 bridgehead atoms. The number of nitrogens with zero attached hydrogens (tertiary/aromatic N) is 4. The number of hydrogen-bond donors (Lipinski definition) is 1. The Bertz CT molecular complexity index is 839. The van der Waals surface area contributed by atoms with E-state index in [1.165, 1.54) is 4.90 Å². The molecule has 0 saturated carbocycles. The Labute approximate surface area is 156 Å². The normalized spacial score (nSPS) is 15.5. The molecule has 1 unspecified atom stereocenters. The molecule has 2 heterocycles. The fraction of sp³-hybridized carbons (Fsp3) is 0.400. The van der Waals surface area contributed by atoms with E-state index in [4.69, 9.17) is 23.2 Å². The highest BCUT2D eigenvalue weighted by atomic mass is 35.5. The van der Waals surface area contributed by atoms with Crippen LogP contribution in [0.4, 0.5) is 18.9 Å². The molecule has 0 aliphatic carbocycles. The van der Waals surface area contributed by atoms with Gasteiger partial charge in [-0.25, -0.2) is 0 Å². The second kappa shape index (κ2) is 6.96. The smallest absolute Gasteiger partial charge is 0.373 e. The fourth-order valence-electron chi connectivity index (χ4n) is 2.73. The van der Waals surface area contributed by atoms with E-state index in [2.05, 4.69) is 15.5 Å². The number of benzene rings is 1. The molecule has 0 radical (unpaired) electrons. The molecule has 0 saturated heterocycles. The van der Waals surface area contributed by atoms with Gasteiger partial charge in [-0.05, 0) is 25.1 Å². The zero-order chi connectivity index (χ0) is 19.1. The van der Waals surface area contributed by atoms with Crippen molar-refractivity contribution in [2.75, 3.05) is 11.9 Å². The van der Waals surface area contributed by atoms with Gasteiger partial charge in [-0.1, -0.05) is 23.2 Å². The lowest BCUT2D eigenvalue weighted by Gasteiger charge is -2.30. The molecule has 1 atom stereocenters. The molecular weight excluding hydrogens is 394 g/mol. The van der Waals surface area contributed by atoms with Crippen molar-refractivity contribution in [2.45, 2.75) is 32.2 Å². The van der Waals surface area contributed by atoms with Gasteiger partial charge in [0, 0.05) is 18.1 Å². The van der Waals surface area contributed by atoms with E-state index in [0.717, 1.165) is 4.57 Å². The van der Waals surface area contributed by atoms with Crippen molar-refractivity contribution in [1.29, 1.82) is 0 Å². The number of fused-ring (bicyclic) bond motifs is 1. The van der Waals surface area contributed by atoms with Gasteiger partial charge in [0.05, 0.1) is 17.3 Å². The maximum absolute atomic E-state index is 12.9. The number of aromatic nitrogens is 3. The van der Waals surface area contributed by atoms with Gasteiger partial charge in [-0.3, -0.25) is 4.79 Å². The molecule has 1 amide bonds. The number of halogens is 5. The molecule has 26 heavy (non-hydrogen) atoms. The van der Waals surface area contributed by atoms with Gasteiger partial charge in [-0.15, -0.1) is 10.2 Å². The molecule has 140 valence electrons. The number of nitrogens with one attached hydrogen (secondary N) is 1. The molecule has 1 aromatic carbocycles. The topological polar surface area (TPSA) is 63.1 Å². The van der Waals surface area contributed by atoms with Gasteiger partial charge in [0.1, 0.15) is 6.04 Å². The highest BCUT2D eigenvalue weighted by molar-refractivity contribution is 6.36. The molecule has 0 spiro atoms. The van der Waals surface area contributed by atoms with Crippen LogP contribution < -0.4 is 5.32 Å². The van der Waals surface area contributed by atoms with Gasteiger partial charge < -0.3 is 14.8 Å². The summed E-state index contributed by atoms with van der Waals surface area (Å²) in [6.07, 6.45) is -4.57. The minimum absolute atomic E-state index is 0.0165. The number of anilines is 1. The second-order valence-electron chi connectivity index (χ2n) is 5.84. The minimum Gasteiger partial charge on any atom is -0.373 e. The Morgan fingerprint density at radius 2 is 2.00 bits per heavy atom. The Kier molecular flexibility index (Phi) is 5.03. The third kappa shape index (κ3) is 3.73. The van der Waals surface area contributed by atoms with Crippen molar-refractivity contribution in [3.8, 4) is 0 Å². The molecule has 0 fully saturated rings. The van der Waals surface area contributed by atoms with Crippen LogP contribution in [0.25, 0.3) is 0 Å². The summed E-state index contributed by atoms with van der Waals surface area (Å²) in [6, 6.07) is 4.20. The standard InChI is InChI=1S/C15H14Cl2F3N5O/c1-8(21-11-3-2-9(16)6-10(11)17)13(26)24-4-5-25-12(7-24)22-23-14(25)15(18,19)20/h2-3,6,8,21H,4-5,7H2,1H3. The predicted octanol–water partition coefficient (Wildman–Crippen LogP) is 3.45. The van der Waals surface area contributed by atoms with E-state index in [1.54, 1.807) is 25.1 Å². The molecule has 11 heteroatoms. The van der Waals surface area contributed by atoms with E-state index in [-0.39, 0.29) is 31.4 Å². The fourth-order valence-corrected chi connectivity index (χ4v) is 3.19. The Balaban J connectivity index is 1.70. The van der Waals surface area contributed by atoms with E-state index < -0.39 is 18.0 Å². The first-order valence-electron chi connectivity index (χ1n) is 7.66. The average molecular weight is 408 g/mol. The summed E-state index contributed by atoms with van der Waals surface area (Å²) in [5, 5.41) is 10.6. The SMILES string of the molecule is CC(Nc1ccc(Cl)cc1Cl)C(=O)N1CCn2c(nnc2C(F)(F)F)C1. The van der Waals surface area contributed by atoms with Crippen molar-refractivity contribution in [2.24, 2.45) is 0 Å². The number of hydrogen-bond acceptors (Lipinski definition) is 4. The molecular formula is C15H14Cl2F3N5O. The largest absolute Gasteiger partial charge is 0.451 e. The van der Waals surface area contributed by atoms with Crippen LogP contribution in [0, 0.1) is 0 Å². The van der Waals surface area contributed by atoms with E-state index >= 15 is 0 Å². The maximum atomic E-state index is 12.9. The van der Waals surface area contributed by atoms with Crippen molar-refractivity contribution in [1.82, 2.24) is 19.7 Å². The Hall–Kier alpha value is -2.00. The summed E-state index contributed by atoms with van der Waals surface area (Å²) in [6.45, 7) is 1.72. The van der Waals surface area contributed by atoms with Crippen LogP contribution in [0.15, 0.2) is 18.2 Å². The van der Waals surface area contributed by atoms with E-state index in [0.29, 0.717) is 15.7 Å². The van der Waals surface area contributed by atoms with Gasteiger partial charge in [0.25, 0.3) is 0 Å². The number of rotatable bonds is 3. The molecule has 2 aromatic rings. The maximum Gasteiger partial charge on any atom is 0.451 e. The van der Waals surface area contributed by atoms with Crippen LogP contribution in [0.1, 0.15) is 18.6 Å². The van der Waals surface area contributed by atoms with Gasteiger partial charge in [0.2, 0.25) is 11.7 Å². The summed E-state index contributed by atoms with van der Waals surface area (Å²) < 4.78 is 39.6. The van der Waals surface area contributed by atoms with Crippen molar-refractivity contribution in [3.05, 3.63) is 39.9 Å². The monoisotopic (exact) mass is 407 g/mol. The highest BCUT2D eigenvalue weighted by Gasteiger charge is 2.40. The summed E-state index contributed by atoms with van der Waals surface area (Å²) in [5.41, 5.74) is 0.538. The molecule has 1 N–H and O–H groups in total. The number of alkyl halides is 3. The highest BCUT2D eigenvalue weighted by Crippen LogP contribution is 2.30. The van der Waals surface area contributed by atoms with Crippen molar-refractivity contribution >= 4 is 34.8 Å². The predicted molar refractivity (Wildman–Crippen MR) is 90.0 cm³/mol. The second-order valence-corrected chi connectivity index (χ2v) is 6.68. The summed E-state index contributed by atoms with van der Waals surface area (Å²) in [7, 11) is 0. The van der Waals surface area contributed by atoms with Crippen LogP contribution in [0.5, 0.6) is 0 Å². The molecule has 1 aromatic heterocycles. The number of carbonyl (C=O) groups excluding carboxylic acids is 1. The van der Waals surface area contributed by atoms with Crippen LogP contribution in [0.3, 0.4) is 0 Å². The lowest BCUT2D eigenvalue weighted by atomic mass is 10.2. The van der Waals surface area contributed by atoms with Crippen LogP contribution >= 0.6 is 23.2 Å². The van der Waals surface area contributed by atoms with Crippen LogP contribution in [-0.2, 0) is 24.1 Å². The minimum atomic E-state index is -4.57. The molecule has 6 nitrogen and oxygen atoms in total. The lowest BCUT2D eigenvalue weighted by Crippen LogP contribution is -2.45. The zero-order valence-corrected chi connectivity index (χ0v) is 15.0. The van der Waals surface area contributed by atoms with Gasteiger partial charge >= 0.3 is 6.18 Å². The van der Waals surface area contributed by atoms with Crippen LogP contribution in [-0.4, -0.2) is 38.2 Å². The van der Waals surface area contributed by atoms with E-state index in [1.807, 2.05) is 0 Å². The number of amides is 1. The lowest BCUT2D eigenvalue weighted by molar-refractivity contribution is -0.148. The van der Waals surface area contributed by atoms with Crippen LogP contribution in [0.2, 0.25) is 10.0 Å².